The third-order valence-electron chi connectivity index (χ3n) is 1.36. The summed E-state index contributed by atoms with van der Waals surface area (Å²) >= 11 is 2.45. The number of aromatic nitrogens is 4. The molecule has 8 heteroatoms. The second-order valence-electron chi connectivity index (χ2n) is 2.36. The Bertz CT molecular complexity index is 474. The van der Waals surface area contributed by atoms with E-state index in [1.54, 1.807) is 0 Å². The average Bonchev–Trinajstić information content (AvgIpc) is 2.71. The predicted octanol–water partition coefficient (Wildman–Crippen LogP) is 1.18. The van der Waals surface area contributed by atoms with Gasteiger partial charge in [0.05, 0.1) is 12.4 Å². The lowest BCUT2D eigenvalue weighted by Crippen LogP contribution is -2.01. The first kappa shape index (κ1) is 9.99. The van der Waals surface area contributed by atoms with Gasteiger partial charge in [0.25, 0.3) is 0 Å². The van der Waals surface area contributed by atoms with Gasteiger partial charge >= 0.3 is 5.97 Å². The Kier molecular flexibility index (Phi) is 2.88. The fourth-order valence-electron chi connectivity index (χ4n) is 0.798. The number of nitrogens with zero attached hydrogens (tertiary/aromatic N) is 4. The van der Waals surface area contributed by atoms with Gasteiger partial charge in [-0.15, -0.1) is 0 Å². The highest BCUT2D eigenvalue weighted by atomic mass is 32.2. The van der Waals surface area contributed by atoms with Crippen LogP contribution >= 0.6 is 23.3 Å². The summed E-state index contributed by atoms with van der Waals surface area (Å²) in [6, 6.07) is 0. The Balaban J connectivity index is 2.22. The fraction of sp³-hybridized carbons (Fsp3) is 0. The molecule has 2 rings (SSSR count). The van der Waals surface area contributed by atoms with Crippen LogP contribution < -0.4 is 0 Å². The van der Waals surface area contributed by atoms with E-state index in [2.05, 4.69) is 19.3 Å². The molecule has 76 valence electrons. The number of aromatic carboxylic acids is 1. The van der Waals surface area contributed by atoms with Crippen LogP contribution in [0.1, 0.15) is 10.5 Å². The van der Waals surface area contributed by atoms with E-state index < -0.39 is 5.97 Å². The molecular formula is C7H4N4O2S2. The van der Waals surface area contributed by atoms with Crippen LogP contribution in [0.15, 0.2) is 28.1 Å². The first-order valence-corrected chi connectivity index (χ1v) is 5.34. The highest BCUT2D eigenvalue weighted by molar-refractivity contribution is 8.00. The van der Waals surface area contributed by atoms with Gasteiger partial charge in [-0.05, 0) is 23.3 Å². The van der Waals surface area contributed by atoms with Crippen molar-refractivity contribution in [2.75, 3.05) is 0 Å². The molecule has 1 N–H and O–H groups in total. The maximum absolute atomic E-state index is 10.6. The van der Waals surface area contributed by atoms with Crippen molar-refractivity contribution in [1.29, 1.82) is 0 Å². The van der Waals surface area contributed by atoms with Crippen molar-refractivity contribution in [2.24, 2.45) is 0 Å². The van der Waals surface area contributed by atoms with Crippen molar-refractivity contribution < 1.29 is 9.90 Å². The minimum atomic E-state index is -1.10. The van der Waals surface area contributed by atoms with E-state index in [0.29, 0.717) is 9.37 Å². The Labute approximate surface area is 92.6 Å². The van der Waals surface area contributed by atoms with Gasteiger partial charge in [0.2, 0.25) is 0 Å². The molecule has 2 aromatic rings. The molecule has 2 heterocycles. The first-order chi connectivity index (χ1) is 7.25. The van der Waals surface area contributed by atoms with E-state index in [1.807, 2.05) is 0 Å². The van der Waals surface area contributed by atoms with Crippen molar-refractivity contribution in [3.05, 3.63) is 24.4 Å². The van der Waals surface area contributed by atoms with Crippen LogP contribution in [-0.2, 0) is 0 Å². The minimum Gasteiger partial charge on any atom is -0.476 e. The summed E-state index contributed by atoms with van der Waals surface area (Å²) in [7, 11) is 0. The topological polar surface area (TPSA) is 88.9 Å². The van der Waals surface area contributed by atoms with E-state index in [0.717, 1.165) is 0 Å². The number of rotatable bonds is 3. The number of hydrogen-bond donors (Lipinski definition) is 1. The van der Waals surface area contributed by atoms with Gasteiger partial charge in [-0.3, -0.25) is 4.98 Å². The zero-order chi connectivity index (χ0) is 10.7. The summed E-state index contributed by atoms with van der Waals surface area (Å²) in [6.07, 6.45) is 4.12. The third kappa shape index (κ3) is 2.48. The van der Waals surface area contributed by atoms with Gasteiger partial charge in [-0.25, -0.2) is 14.8 Å². The van der Waals surface area contributed by atoms with Crippen molar-refractivity contribution in [3.63, 3.8) is 0 Å². The number of carbonyl (C=O) groups is 1. The van der Waals surface area contributed by atoms with Gasteiger partial charge in [0, 0.05) is 0 Å². The SMILES string of the molecule is O=C(O)c1cncc(Sc2ncns2)n1. The summed E-state index contributed by atoms with van der Waals surface area (Å²) in [5, 5.41) is 9.19. The van der Waals surface area contributed by atoms with Gasteiger partial charge in [-0.1, -0.05) is 0 Å². The van der Waals surface area contributed by atoms with Gasteiger partial charge in [0.15, 0.2) is 10.0 Å². The second kappa shape index (κ2) is 4.32. The Morgan fingerprint density at radius 3 is 3.00 bits per heavy atom. The maximum atomic E-state index is 10.6. The molecule has 0 aliphatic heterocycles. The van der Waals surface area contributed by atoms with Crippen LogP contribution in [0.3, 0.4) is 0 Å². The van der Waals surface area contributed by atoms with Crippen LogP contribution in [0.2, 0.25) is 0 Å². The summed E-state index contributed by atoms with van der Waals surface area (Å²) < 4.78 is 4.52. The molecule has 6 nitrogen and oxygen atoms in total. The highest BCUT2D eigenvalue weighted by Crippen LogP contribution is 2.25. The Morgan fingerprint density at radius 1 is 1.47 bits per heavy atom. The van der Waals surface area contributed by atoms with Crippen LogP contribution in [-0.4, -0.2) is 30.4 Å². The van der Waals surface area contributed by atoms with Crippen molar-refractivity contribution in [2.45, 2.75) is 9.37 Å². The van der Waals surface area contributed by atoms with Gasteiger partial charge in [-0.2, -0.15) is 4.37 Å². The number of carboxylic acids is 1. The van der Waals surface area contributed by atoms with E-state index in [4.69, 9.17) is 5.11 Å². The Hall–Kier alpha value is -1.54. The molecule has 0 aliphatic carbocycles. The molecule has 0 spiro atoms. The molecule has 0 saturated carbocycles. The molecule has 0 amide bonds. The third-order valence-corrected chi connectivity index (χ3v) is 2.99. The van der Waals surface area contributed by atoms with Crippen LogP contribution in [0.5, 0.6) is 0 Å². The van der Waals surface area contributed by atoms with E-state index in [1.165, 1.54) is 42.0 Å². The standard InChI is InChI=1S/C7H4N4O2S2/c12-6(13)4-1-8-2-5(11-4)14-7-9-3-10-15-7/h1-3H,(H,12,13). The van der Waals surface area contributed by atoms with Gasteiger partial charge < -0.3 is 5.11 Å². The van der Waals surface area contributed by atoms with Crippen LogP contribution in [0.4, 0.5) is 0 Å². The van der Waals surface area contributed by atoms with Crippen molar-refractivity contribution >= 4 is 29.3 Å². The lowest BCUT2D eigenvalue weighted by molar-refractivity contribution is 0.0689. The van der Waals surface area contributed by atoms with Crippen LogP contribution in [0, 0.1) is 0 Å². The minimum absolute atomic E-state index is 0.0792. The Morgan fingerprint density at radius 2 is 2.33 bits per heavy atom. The summed E-state index contributed by atoms with van der Waals surface area (Å²) in [5.74, 6) is -1.10. The molecule has 2 aromatic heterocycles. The highest BCUT2D eigenvalue weighted by Gasteiger charge is 2.08. The van der Waals surface area contributed by atoms with Crippen molar-refractivity contribution in [1.82, 2.24) is 19.3 Å². The normalized spacial score (nSPS) is 10.1. The monoisotopic (exact) mass is 240 g/mol. The quantitative estimate of drug-likeness (QED) is 0.861. The molecular weight excluding hydrogens is 236 g/mol. The maximum Gasteiger partial charge on any atom is 0.356 e. The largest absolute Gasteiger partial charge is 0.476 e. The number of carboxylic acid groups (broad SMARTS) is 1. The summed E-state index contributed by atoms with van der Waals surface area (Å²) in [4.78, 5) is 22.2. The van der Waals surface area contributed by atoms with E-state index in [-0.39, 0.29) is 5.69 Å². The first-order valence-electron chi connectivity index (χ1n) is 3.75. The smallest absolute Gasteiger partial charge is 0.356 e. The van der Waals surface area contributed by atoms with Gasteiger partial charge in [0.1, 0.15) is 11.4 Å². The number of hydrogen-bond acceptors (Lipinski definition) is 7. The summed E-state index contributed by atoms with van der Waals surface area (Å²) in [6.45, 7) is 0. The fourth-order valence-corrected chi connectivity index (χ4v) is 2.15. The van der Waals surface area contributed by atoms with Crippen LogP contribution in [0.25, 0.3) is 0 Å². The molecule has 0 unspecified atom stereocenters. The summed E-state index contributed by atoms with van der Waals surface area (Å²) in [5.41, 5.74) is -0.0792. The molecule has 0 radical (unpaired) electrons. The molecule has 0 fully saturated rings. The molecule has 15 heavy (non-hydrogen) atoms. The zero-order valence-corrected chi connectivity index (χ0v) is 8.83. The molecule has 0 saturated heterocycles. The molecule has 0 bridgehead atoms. The molecule has 0 aromatic carbocycles. The molecule has 0 aliphatic rings. The molecule has 0 atom stereocenters. The lowest BCUT2D eigenvalue weighted by atomic mass is 10.5. The second-order valence-corrected chi connectivity index (χ2v) is 4.40. The lowest BCUT2D eigenvalue weighted by Gasteiger charge is -1.96. The predicted molar refractivity (Wildman–Crippen MR) is 53.0 cm³/mol. The van der Waals surface area contributed by atoms with E-state index >= 15 is 0 Å². The average molecular weight is 240 g/mol. The zero-order valence-electron chi connectivity index (χ0n) is 7.19. The van der Waals surface area contributed by atoms with E-state index in [9.17, 15) is 4.79 Å². The van der Waals surface area contributed by atoms with Crippen molar-refractivity contribution in [3.8, 4) is 0 Å².